The number of nitrogens with one attached hydrogen (secondary N) is 1. The van der Waals surface area contributed by atoms with Gasteiger partial charge in [-0.2, -0.15) is 0 Å². The van der Waals surface area contributed by atoms with Gasteiger partial charge in [-0.15, -0.1) is 0 Å². The molecule has 0 aliphatic rings. The third kappa shape index (κ3) is 5.19. The van der Waals surface area contributed by atoms with E-state index in [1.807, 2.05) is 44.2 Å². The molecule has 1 atom stereocenters. The number of amides is 2. The Morgan fingerprint density at radius 1 is 1.16 bits per heavy atom. The first-order valence-electron chi connectivity index (χ1n) is 8.37. The highest BCUT2D eigenvalue weighted by Crippen LogP contribution is 2.07. The van der Waals surface area contributed by atoms with Crippen molar-refractivity contribution in [2.24, 2.45) is 0 Å². The molecule has 0 radical (unpaired) electrons. The Balaban J connectivity index is 2.18. The number of carbonyl (C=O) groups excluding carboxylic acids is 1. The average Bonchev–Trinajstić information content (AvgIpc) is 2.56. The molecule has 6 nitrogen and oxygen atoms in total. The number of hydrogen-bond donors (Lipinski definition) is 2. The zero-order valence-corrected chi connectivity index (χ0v) is 14.8. The molecule has 0 saturated carbocycles. The lowest BCUT2D eigenvalue weighted by atomic mass is 10.2. The molecule has 2 rings (SSSR count). The van der Waals surface area contributed by atoms with Gasteiger partial charge in [-0.25, -0.2) is 4.79 Å². The van der Waals surface area contributed by atoms with Crippen molar-refractivity contribution >= 4 is 11.7 Å². The van der Waals surface area contributed by atoms with E-state index in [-0.39, 0.29) is 23.8 Å². The summed E-state index contributed by atoms with van der Waals surface area (Å²) < 4.78 is 1.55. The van der Waals surface area contributed by atoms with Gasteiger partial charge in [0.05, 0.1) is 12.6 Å². The molecule has 2 aromatic rings. The summed E-state index contributed by atoms with van der Waals surface area (Å²) in [5.74, 6) is 0. The number of aliphatic hydroxyl groups excluding tert-OH is 1. The van der Waals surface area contributed by atoms with Crippen molar-refractivity contribution in [2.45, 2.75) is 39.5 Å². The van der Waals surface area contributed by atoms with Crippen molar-refractivity contribution < 1.29 is 9.90 Å². The van der Waals surface area contributed by atoms with Crippen LogP contribution < -0.4 is 10.9 Å². The summed E-state index contributed by atoms with van der Waals surface area (Å²) >= 11 is 0. The van der Waals surface area contributed by atoms with E-state index in [2.05, 4.69) is 5.32 Å². The van der Waals surface area contributed by atoms with E-state index in [4.69, 9.17) is 0 Å². The quantitative estimate of drug-likeness (QED) is 0.846. The molecule has 1 aromatic heterocycles. The molecular weight excluding hydrogens is 318 g/mol. The van der Waals surface area contributed by atoms with E-state index >= 15 is 0 Å². The van der Waals surface area contributed by atoms with E-state index in [9.17, 15) is 14.7 Å². The van der Waals surface area contributed by atoms with Crippen LogP contribution in [0.2, 0.25) is 0 Å². The van der Waals surface area contributed by atoms with Gasteiger partial charge in [0.25, 0.3) is 5.56 Å². The second kappa shape index (κ2) is 8.48. The van der Waals surface area contributed by atoms with E-state index in [1.54, 1.807) is 29.8 Å². The van der Waals surface area contributed by atoms with Crippen molar-refractivity contribution in [2.75, 3.05) is 11.9 Å². The minimum atomic E-state index is -0.640. The van der Waals surface area contributed by atoms with Crippen LogP contribution in [0.1, 0.15) is 26.3 Å². The minimum absolute atomic E-state index is 0.0927. The SMILES string of the molecule is CC(O)CN(C(=O)Nc1cccn(Cc2ccccc2)c1=O)C(C)C. The van der Waals surface area contributed by atoms with Gasteiger partial charge in [0.15, 0.2) is 0 Å². The summed E-state index contributed by atoms with van der Waals surface area (Å²) in [7, 11) is 0. The van der Waals surface area contributed by atoms with E-state index in [0.29, 0.717) is 6.54 Å². The number of nitrogens with zero attached hydrogens (tertiary/aromatic N) is 2. The summed E-state index contributed by atoms with van der Waals surface area (Å²) in [6.45, 7) is 5.98. The Labute approximate surface area is 147 Å². The van der Waals surface area contributed by atoms with Gasteiger partial charge < -0.3 is 19.9 Å². The van der Waals surface area contributed by atoms with Gasteiger partial charge in [-0.1, -0.05) is 30.3 Å². The van der Waals surface area contributed by atoms with Gasteiger partial charge in [0.2, 0.25) is 0 Å². The van der Waals surface area contributed by atoms with Crippen molar-refractivity contribution in [3.05, 3.63) is 64.6 Å². The monoisotopic (exact) mass is 343 g/mol. The predicted octanol–water partition coefficient (Wildman–Crippen LogP) is 2.52. The fourth-order valence-corrected chi connectivity index (χ4v) is 2.54. The molecule has 0 bridgehead atoms. The first kappa shape index (κ1) is 18.7. The van der Waals surface area contributed by atoms with E-state index < -0.39 is 12.1 Å². The van der Waals surface area contributed by atoms with Crippen LogP contribution in [0.25, 0.3) is 0 Å². The fraction of sp³-hybridized carbons (Fsp3) is 0.368. The summed E-state index contributed by atoms with van der Waals surface area (Å²) in [5.41, 5.74) is 0.964. The molecule has 6 heteroatoms. The smallest absolute Gasteiger partial charge is 0.322 e. The molecule has 0 spiro atoms. The second-order valence-corrected chi connectivity index (χ2v) is 6.37. The number of pyridine rings is 1. The number of anilines is 1. The molecule has 134 valence electrons. The second-order valence-electron chi connectivity index (χ2n) is 6.37. The Bertz CT molecular complexity index is 754. The summed E-state index contributed by atoms with van der Waals surface area (Å²) in [4.78, 5) is 26.6. The van der Waals surface area contributed by atoms with Gasteiger partial charge in [0.1, 0.15) is 5.69 Å². The zero-order chi connectivity index (χ0) is 18.4. The molecule has 2 N–H and O–H groups in total. The fourth-order valence-electron chi connectivity index (χ4n) is 2.54. The van der Waals surface area contributed by atoms with Crippen molar-refractivity contribution in [3.8, 4) is 0 Å². The number of aliphatic hydroxyl groups is 1. The highest BCUT2D eigenvalue weighted by molar-refractivity contribution is 5.89. The number of aromatic nitrogens is 1. The van der Waals surface area contributed by atoms with Crippen LogP contribution in [0.5, 0.6) is 0 Å². The Hall–Kier alpha value is -2.60. The van der Waals surface area contributed by atoms with Crippen LogP contribution in [-0.2, 0) is 6.54 Å². The molecular formula is C19H25N3O3. The normalized spacial score (nSPS) is 12.0. The number of hydrogen-bond acceptors (Lipinski definition) is 3. The lowest BCUT2D eigenvalue weighted by molar-refractivity contribution is 0.125. The van der Waals surface area contributed by atoms with Crippen LogP contribution in [-0.4, -0.2) is 39.3 Å². The van der Waals surface area contributed by atoms with Crippen LogP contribution in [0.15, 0.2) is 53.5 Å². The molecule has 2 amide bonds. The molecule has 25 heavy (non-hydrogen) atoms. The highest BCUT2D eigenvalue weighted by atomic mass is 16.3. The molecule has 0 aliphatic carbocycles. The Morgan fingerprint density at radius 3 is 2.44 bits per heavy atom. The molecule has 1 aromatic carbocycles. The number of carbonyl (C=O) groups is 1. The molecule has 0 saturated heterocycles. The number of rotatable bonds is 6. The first-order chi connectivity index (χ1) is 11.9. The van der Waals surface area contributed by atoms with E-state index in [1.165, 1.54) is 4.90 Å². The number of urea groups is 1. The minimum Gasteiger partial charge on any atom is -0.392 e. The maximum Gasteiger partial charge on any atom is 0.322 e. The van der Waals surface area contributed by atoms with Gasteiger partial charge >= 0.3 is 6.03 Å². The van der Waals surface area contributed by atoms with Crippen molar-refractivity contribution in [1.82, 2.24) is 9.47 Å². The van der Waals surface area contributed by atoms with Crippen LogP contribution in [0.3, 0.4) is 0 Å². The first-order valence-corrected chi connectivity index (χ1v) is 8.37. The van der Waals surface area contributed by atoms with Crippen LogP contribution in [0.4, 0.5) is 10.5 Å². The molecule has 0 fully saturated rings. The molecule has 0 aliphatic heterocycles. The zero-order valence-electron chi connectivity index (χ0n) is 14.8. The third-order valence-corrected chi connectivity index (χ3v) is 3.80. The largest absolute Gasteiger partial charge is 0.392 e. The summed E-state index contributed by atoms with van der Waals surface area (Å²) in [6.07, 6.45) is 1.06. The Morgan fingerprint density at radius 2 is 1.84 bits per heavy atom. The van der Waals surface area contributed by atoms with Crippen LogP contribution in [0, 0.1) is 0 Å². The Kier molecular flexibility index (Phi) is 6.36. The standard InChI is InChI=1S/C19H25N3O3/c1-14(2)22(12-15(3)23)19(25)20-17-10-7-11-21(18(17)24)13-16-8-5-4-6-9-16/h4-11,14-15,23H,12-13H2,1-3H3,(H,20,25). The summed E-state index contributed by atoms with van der Waals surface area (Å²) in [5, 5.41) is 12.2. The topological polar surface area (TPSA) is 74.6 Å². The van der Waals surface area contributed by atoms with Crippen LogP contribution >= 0.6 is 0 Å². The highest BCUT2D eigenvalue weighted by Gasteiger charge is 2.19. The lowest BCUT2D eigenvalue weighted by Crippen LogP contribution is -2.44. The molecule has 1 unspecified atom stereocenters. The molecule has 1 heterocycles. The summed E-state index contributed by atoms with van der Waals surface area (Å²) in [6, 6.07) is 12.5. The lowest BCUT2D eigenvalue weighted by Gasteiger charge is -2.28. The predicted molar refractivity (Wildman–Crippen MR) is 98.8 cm³/mol. The van der Waals surface area contributed by atoms with Crippen molar-refractivity contribution in [1.29, 1.82) is 0 Å². The average molecular weight is 343 g/mol. The van der Waals surface area contributed by atoms with Gasteiger partial charge in [-0.3, -0.25) is 4.79 Å². The van der Waals surface area contributed by atoms with E-state index in [0.717, 1.165) is 5.56 Å². The third-order valence-electron chi connectivity index (χ3n) is 3.80. The van der Waals surface area contributed by atoms with Crippen molar-refractivity contribution in [3.63, 3.8) is 0 Å². The van der Waals surface area contributed by atoms with Gasteiger partial charge in [-0.05, 0) is 38.5 Å². The number of benzene rings is 1. The van der Waals surface area contributed by atoms with Gasteiger partial charge in [0, 0.05) is 18.8 Å². The maximum absolute atomic E-state index is 12.6. The maximum atomic E-state index is 12.6.